The molecule has 3 rings (SSSR count). The van der Waals surface area contributed by atoms with Crippen LogP contribution in [0.5, 0.6) is 0 Å². The SMILES string of the molecule is CN(CCc1cccc(C#N)c1)C(=O)Nc1ccc(-n2ncn(C)c2=O)cc1. The van der Waals surface area contributed by atoms with E-state index in [1.807, 2.05) is 18.2 Å². The van der Waals surface area contributed by atoms with E-state index in [1.165, 1.54) is 15.6 Å². The molecule has 28 heavy (non-hydrogen) atoms. The molecule has 142 valence electrons. The molecule has 8 nitrogen and oxygen atoms in total. The molecule has 0 spiro atoms. The lowest BCUT2D eigenvalue weighted by Crippen LogP contribution is -2.33. The molecule has 0 unspecified atom stereocenters. The van der Waals surface area contributed by atoms with Gasteiger partial charge in [-0.05, 0) is 48.4 Å². The molecule has 3 aromatic rings. The Hall–Kier alpha value is -3.86. The van der Waals surface area contributed by atoms with Gasteiger partial charge >= 0.3 is 11.7 Å². The largest absolute Gasteiger partial charge is 0.350 e. The number of nitriles is 1. The van der Waals surface area contributed by atoms with Crippen LogP contribution in [0.25, 0.3) is 5.69 Å². The molecule has 0 atom stereocenters. The normalized spacial score (nSPS) is 10.3. The van der Waals surface area contributed by atoms with E-state index in [4.69, 9.17) is 5.26 Å². The summed E-state index contributed by atoms with van der Waals surface area (Å²) in [6.07, 6.45) is 2.10. The van der Waals surface area contributed by atoms with Crippen molar-refractivity contribution >= 4 is 11.7 Å². The van der Waals surface area contributed by atoms with Crippen molar-refractivity contribution in [2.45, 2.75) is 6.42 Å². The number of nitrogens with one attached hydrogen (secondary N) is 1. The van der Waals surface area contributed by atoms with Crippen LogP contribution in [0.2, 0.25) is 0 Å². The molecule has 0 aliphatic rings. The van der Waals surface area contributed by atoms with Crippen molar-refractivity contribution in [1.82, 2.24) is 19.2 Å². The zero-order valence-corrected chi connectivity index (χ0v) is 15.7. The van der Waals surface area contributed by atoms with Crippen molar-refractivity contribution in [2.75, 3.05) is 18.9 Å². The molecule has 0 aliphatic heterocycles. The topological polar surface area (TPSA) is 95.9 Å². The van der Waals surface area contributed by atoms with Crippen LogP contribution in [0.15, 0.2) is 59.7 Å². The molecule has 0 saturated carbocycles. The smallest absolute Gasteiger partial charge is 0.327 e. The summed E-state index contributed by atoms with van der Waals surface area (Å²) in [4.78, 5) is 25.9. The first kappa shape index (κ1) is 18.9. The summed E-state index contributed by atoms with van der Waals surface area (Å²) in [7, 11) is 3.35. The fourth-order valence-corrected chi connectivity index (χ4v) is 2.65. The number of anilines is 1. The van der Waals surface area contributed by atoms with Gasteiger partial charge in [-0.2, -0.15) is 15.0 Å². The number of rotatable bonds is 5. The van der Waals surface area contributed by atoms with Crippen LogP contribution in [-0.4, -0.2) is 38.9 Å². The number of likely N-dealkylation sites (N-methyl/N-ethyl adjacent to an activating group) is 1. The highest BCUT2D eigenvalue weighted by Gasteiger charge is 2.10. The van der Waals surface area contributed by atoms with E-state index in [-0.39, 0.29) is 11.7 Å². The van der Waals surface area contributed by atoms with E-state index in [2.05, 4.69) is 16.5 Å². The van der Waals surface area contributed by atoms with Gasteiger partial charge in [0, 0.05) is 26.3 Å². The predicted molar refractivity (Wildman–Crippen MR) is 105 cm³/mol. The summed E-state index contributed by atoms with van der Waals surface area (Å²) in [6, 6.07) is 16.1. The lowest BCUT2D eigenvalue weighted by molar-refractivity contribution is 0.223. The average Bonchev–Trinajstić information content (AvgIpc) is 3.05. The third kappa shape index (κ3) is 4.27. The number of aromatic nitrogens is 3. The van der Waals surface area contributed by atoms with Gasteiger partial charge in [-0.25, -0.2) is 9.59 Å². The third-order valence-electron chi connectivity index (χ3n) is 4.33. The summed E-state index contributed by atoms with van der Waals surface area (Å²) in [5.41, 5.74) is 2.61. The fraction of sp³-hybridized carbons (Fsp3) is 0.200. The van der Waals surface area contributed by atoms with Crippen LogP contribution in [0.1, 0.15) is 11.1 Å². The first-order chi connectivity index (χ1) is 13.5. The number of hydrogen-bond donors (Lipinski definition) is 1. The molecule has 2 amide bonds. The lowest BCUT2D eigenvalue weighted by atomic mass is 10.1. The molecule has 1 aromatic heterocycles. The van der Waals surface area contributed by atoms with Crippen LogP contribution < -0.4 is 11.0 Å². The van der Waals surface area contributed by atoms with Crippen molar-refractivity contribution in [1.29, 1.82) is 5.26 Å². The van der Waals surface area contributed by atoms with Crippen molar-refractivity contribution in [3.8, 4) is 11.8 Å². The Kier molecular flexibility index (Phi) is 5.56. The molecule has 1 N–H and O–H groups in total. The van der Waals surface area contributed by atoms with E-state index in [1.54, 1.807) is 49.3 Å². The summed E-state index contributed by atoms with van der Waals surface area (Å²) >= 11 is 0. The highest BCUT2D eigenvalue weighted by atomic mass is 16.2. The highest BCUT2D eigenvalue weighted by molar-refractivity contribution is 5.89. The minimum absolute atomic E-state index is 0.237. The molecule has 0 aliphatic carbocycles. The minimum Gasteiger partial charge on any atom is -0.327 e. The second-order valence-corrected chi connectivity index (χ2v) is 6.40. The zero-order valence-electron chi connectivity index (χ0n) is 15.7. The van der Waals surface area contributed by atoms with E-state index < -0.39 is 0 Å². The maximum Gasteiger partial charge on any atom is 0.350 e. The zero-order chi connectivity index (χ0) is 20.1. The number of carbonyl (C=O) groups is 1. The van der Waals surface area contributed by atoms with Gasteiger partial charge in [0.2, 0.25) is 0 Å². The second-order valence-electron chi connectivity index (χ2n) is 6.40. The molecule has 0 saturated heterocycles. The summed E-state index contributed by atoms with van der Waals surface area (Å²) in [5.74, 6) is 0. The van der Waals surface area contributed by atoms with Gasteiger partial charge in [0.05, 0.1) is 17.3 Å². The molecule has 1 heterocycles. The van der Waals surface area contributed by atoms with Gasteiger partial charge in [0.1, 0.15) is 6.33 Å². The molecule has 0 bridgehead atoms. The van der Waals surface area contributed by atoms with E-state index in [0.29, 0.717) is 29.9 Å². The second kappa shape index (κ2) is 8.22. The monoisotopic (exact) mass is 376 g/mol. The van der Waals surface area contributed by atoms with Crippen LogP contribution >= 0.6 is 0 Å². The predicted octanol–water partition coefficient (Wildman–Crippen LogP) is 2.15. The number of nitrogens with zero attached hydrogens (tertiary/aromatic N) is 5. The first-order valence-corrected chi connectivity index (χ1v) is 8.70. The first-order valence-electron chi connectivity index (χ1n) is 8.70. The van der Waals surface area contributed by atoms with Gasteiger partial charge in [-0.3, -0.25) is 4.57 Å². The third-order valence-corrected chi connectivity index (χ3v) is 4.33. The quantitative estimate of drug-likeness (QED) is 0.738. The molecule has 0 radical (unpaired) electrons. The minimum atomic E-state index is -0.239. The standard InChI is InChI=1S/C20H20N6O2/c1-24(11-10-15-4-3-5-16(12-15)13-21)19(27)23-17-6-8-18(9-7-17)26-20(28)25(2)14-22-26/h3-9,12,14H,10-11H2,1-2H3,(H,23,27). The molecular weight excluding hydrogens is 356 g/mol. The van der Waals surface area contributed by atoms with Gasteiger partial charge in [-0.1, -0.05) is 12.1 Å². The number of benzene rings is 2. The summed E-state index contributed by atoms with van der Waals surface area (Å²) in [6.45, 7) is 0.516. The van der Waals surface area contributed by atoms with E-state index in [0.717, 1.165) is 5.56 Å². The maximum absolute atomic E-state index is 12.4. The molecule has 0 fully saturated rings. The number of carbonyl (C=O) groups excluding carboxylic acids is 1. The van der Waals surface area contributed by atoms with Crippen LogP contribution in [0, 0.1) is 11.3 Å². The van der Waals surface area contributed by atoms with Crippen molar-refractivity contribution in [3.05, 3.63) is 76.5 Å². The fourth-order valence-electron chi connectivity index (χ4n) is 2.65. The number of hydrogen-bond acceptors (Lipinski definition) is 4. The Balaban J connectivity index is 1.58. The van der Waals surface area contributed by atoms with Crippen LogP contribution in [0.3, 0.4) is 0 Å². The Morgan fingerprint density at radius 2 is 2.00 bits per heavy atom. The van der Waals surface area contributed by atoms with E-state index >= 15 is 0 Å². The Morgan fingerprint density at radius 1 is 1.25 bits per heavy atom. The van der Waals surface area contributed by atoms with Gasteiger partial charge in [-0.15, -0.1) is 0 Å². The number of aryl methyl sites for hydroxylation is 1. The molecular formula is C20H20N6O2. The average molecular weight is 376 g/mol. The molecule has 8 heteroatoms. The van der Waals surface area contributed by atoms with Crippen LogP contribution in [-0.2, 0) is 13.5 Å². The summed E-state index contributed by atoms with van der Waals surface area (Å²) < 4.78 is 2.67. The van der Waals surface area contributed by atoms with Crippen molar-refractivity contribution in [2.24, 2.45) is 7.05 Å². The number of urea groups is 1. The van der Waals surface area contributed by atoms with Gasteiger partial charge in [0.25, 0.3) is 0 Å². The van der Waals surface area contributed by atoms with Crippen molar-refractivity contribution in [3.63, 3.8) is 0 Å². The molecule has 2 aromatic carbocycles. The Bertz CT molecular complexity index is 1080. The van der Waals surface area contributed by atoms with E-state index in [9.17, 15) is 9.59 Å². The number of amides is 2. The van der Waals surface area contributed by atoms with Gasteiger partial charge < -0.3 is 10.2 Å². The summed E-state index contributed by atoms with van der Waals surface area (Å²) in [5, 5.41) is 15.8. The Morgan fingerprint density at radius 3 is 2.64 bits per heavy atom. The maximum atomic E-state index is 12.4. The Labute approximate surface area is 162 Å². The highest BCUT2D eigenvalue weighted by Crippen LogP contribution is 2.12. The lowest BCUT2D eigenvalue weighted by Gasteiger charge is -2.18. The van der Waals surface area contributed by atoms with Crippen molar-refractivity contribution < 1.29 is 4.79 Å². The van der Waals surface area contributed by atoms with Crippen LogP contribution in [0.4, 0.5) is 10.5 Å². The van der Waals surface area contributed by atoms with Gasteiger partial charge in [0.15, 0.2) is 0 Å².